The topological polar surface area (TPSA) is 6.48 Å². The second-order valence-electron chi connectivity index (χ2n) is 4.49. The van der Waals surface area contributed by atoms with Gasteiger partial charge in [0.1, 0.15) is 0 Å². The lowest BCUT2D eigenvalue weighted by Crippen LogP contribution is -2.31. The van der Waals surface area contributed by atoms with Gasteiger partial charge >= 0.3 is 0 Å². The fraction of sp³-hybridized carbons (Fsp3) is 0.733. The highest BCUT2D eigenvalue weighted by Gasteiger charge is 2.15. The maximum absolute atomic E-state index is 2.46. The number of hydrogen-bond acceptors (Lipinski definition) is 3. The molecular formula is C15H30N2S. The smallest absolute Gasteiger partial charge is 0.0352 e. The molecule has 0 N–H and O–H groups in total. The number of hydrogen-bond donors (Lipinski definition) is 0. The molecular weight excluding hydrogens is 240 g/mol. The standard InChI is InChI=1S/C13H24N2S.C2H6/c1-5-12(2)15(16-14(3)4)11-13-9-7-6-8-10-13;1-2/h7,9-10,12H,5-6,8,11H2,1-4H3;1-2H3/t12-;/m1./s1. The van der Waals surface area contributed by atoms with Crippen LogP contribution in [-0.4, -0.2) is 35.3 Å². The first kappa shape index (κ1) is 17.8. The molecule has 1 aliphatic rings. The molecule has 0 heterocycles. The van der Waals surface area contributed by atoms with Crippen LogP contribution in [0.4, 0.5) is 0 Å². The lowest BCUT2D eigenvalue weighted by Gasteiger charge is -2.29. The van der Waals surface area contributed by atoms with Crippen LogP contribution in [0.3, 0.4) is 0 Å². The Balaban J connectivity index is 0.00000137. The normalized spacial score (nSPS) is 16.3. The Morgan fingerprint density at radius 1 is 1.28 bits per heavy atom. The summed E-state index contributed by atoms with van der Waals surface area (Å²) in [4.78, 5) is 0. The fourth-order valence-corrected chi connectivity index (χ4v) is 2.58. The molecule has 0 spiro atoms. The van der Waals surface area contributed by atoms with Crippen LogP contribution < -0.4 is 0 Å². The maximum Gasteiger partial charge on any atom is 0.0352 e. The van der Waals surface area contributed by atoms with Gasteiger partial charge in [0.2, 0.25) is 0 Å². The van der Waals surface area contributed by atoms with Gasteiger partial charge in [-0.3, -0.25) is 0 Å². The molecule has 18 heavy (non-hydrogen) atoms. The zero-order valence-corrected chi connectivity index (χ0v) is 13.8. The summed E-state index contributed by atoms with van der Waals surface area (Å²) in [5, 5.41) is 0. The minimum Gasteiger partial charge on any atom is -0.243 e. The Kier molecular flexibility index (Phi) is 10.5. The number of nitrogens with zero attached hydrogens (tertiary/aromatic N) is 2. The predicted molar refractivity (Wildman–Crippen MR) is 85.5 cm³/mol. The third-order valence-electron chi connectivity index (χ3n) is 2.76. The van der Waals surface area contributed by atoms with Crippen molar-refractivity contribution in [3.05, 3.63) is 23.8 Å². The minimum atomic E-state index is 0.614. The maximum atomic E-state index is 2.46. The monoisotopic (exact) mass is 270 g/mol. The van der Waals surface area contributed by atoms with Crippen LogP contribution in [0, 0.1) is 0 Å². The largest absolute Gasteiger partial charge is 0.243 e. The Hall–Kier alpha value is -0.250. The molecule has 3 heteroatoms. The molecule has 0 aliphatic heterocycles. The molecule has 0 radical (unpaired) electrons. The lowest BCUT2D eigenvalue weighted by atomic mass is 10.1. The third-order valence-corrected chi connectivity index (χ3v) is 3.79. The van der Waals surface area contributed by atoms with E-state index in [4.69, 9.17) is 0 Å². The Morgan fingerprint density at radius 3 is 2.39 bits per heavy atom. The van der Waals surface area contributed by atoms with Crippen LogP contribution in [-0.2, 0) is 0 Å². The van der Waals surface area contributed by atoms with Crippen LogP contribution >= 0.6 is 12.1 Å². The molecule has 0 aromatic heterocycles. The van der Waals surface area contributed by atoms with Gasteiger partial charge in [-0.25, -0.2) is 8.61 Å². The van der Waals surface area contributed by atoms with Crippen LogP contribution in [0.2, 0.25) is 0 Å². The second kappa shape index (κ2) is 10.7. The summed E-state index contributed by atoms with van der Waals surface area (Å²) in [6.45, 7) is 9.59. The summed E-state index contributed by atoms with van der Waals surface area (Å²) in [5.41, 5.74) is 1.46. The summed E-state index contributed by atoms with van der Waals surface area (Å²) in [7, 11) is 4.20. The van der Waals surface area contributed by atoms with Gasteiger partial charge in [0.15, 0.2) is 0 Å². The van der Waals surface area contributed by atoms with E-state index in [1.165, 1.54) is 24.8 Å². The molecule has 2 nitrogen and oxygen atoms in total. The SMILES string of the molecule is CC.CC[C@@H](C)N(CC1=CCCC=C1)SN(C)C. The molecule has 0 aromatic rings. The first-order valence-electron chi connectivity index (χ1n) is 7.11. The molecule has 1 atom stereocenters. The van der Waals surface area contributed by atoms with E-state index in [2.05, 4.69) is 54.8 Å². The number of rotatable bonds is 6. The molecule has 0 unspecified atom stereocenters. The zero-order chi connectivity index (χ0) is 14.0. The van der Waals surface area contributed by atoms with Crippen molar-refractivity contribution in [2.45, 2.75) is 53.0 Å². The van der Waals surface area contributed by atoms with E-state index < -0.39 is 0 Å². The van der Waals surface area contributed by atoms with Gasteiger partial charge in [-0.05, 0) is 45.9 Å². The minimum absolute atomic E-state index is 0.614. The highest BCUT2D eigenvalue weighted by molar-refractivity contribution is 7.94. The van der Waals surface area contributed by atoms with Gasteiger partial charge in [0.25, 0.3) is 0 Å². The molecule has 106 valence electrons. The molecule has 1 aliphatic carbocycles. The van der Waals surface area contributed by atoms with Crippen LogP contribution in [0.15, 0.2) is 23.8 Å². The van der Waals surface area contributed by atoms with E-state index in [9.17, 15) is 0 Å². The van der Waals surface area contributed by atoms with E-state index in [0.29, 0.717) is 6.04 Å². The van der Waals surface area contributed by atoms with E-state index in [1.807, 2.05) is 26.0 Å². The number of allylic oxidation sites excluding steroid dienone is 2. The van der Waals surface area contributed by atoms with Crippen molar-refractivity contribution in [1.29, 1.82) is 0 Å². The van der Waals surface area contributed by atoms with Crippen LogP contribution in [0.25, 0.3) is 0 Å². The van der Waals surface area contributed by atoms with Crippen molar-refractivity contribution in [2.24, 2.45) is 0 Å². The van der Waals surface area contributed by atoms with Crippen molar-refractivity contribution < 1.29 is 0 Å². The van der Waals surface area contributed by atoms with E-state index in [-0.39, 0.29) is 0 Å². The van der Waals surface area contributed by atoms with Gasteiger partial charge in [0.05, 0.1) is 0 Å². The fourth-order valence-electron chi connectivity index (χ4n) is 1.64. The van der Waals surface area contributed by atoms with Crippen LogP contribution in [0.5, 0.6) is 0 Å². The average molecular weight is 270 g/mol. The summed E-state index contributed by atoms with van der Waals surface area (Å²) in [6, 6.07) is 0.614. The molecule has 1 rings (SSSR count). The first-order valence-corrected chi connectivity index (χ1v) is 7.84. The molecule has 0 amide bonds. The van der Waals surface area contributed by atoms with E-state index in [0.717, 1.165) is 6.54 Å². The Morgan fingerprint density at radius 2 is 1.94 bits per heavy atom. The predicted octanol–water partition coefficient (Wildman–Crippen LogP) is 4.51. The van der Waals surface area contributed by atoms with Crippen LogP contribution in [0.1, 0.15) is 47.0 Å². The summed E-state index contributed by atoms with van der Waals surface area (Å²) in [5.74, 6) is 0. The zero-order valence-electron chi connectivity index (χ0n) is 12.9. The summed E-state index contributed by atoms with van der Waals surface area (Å²) >= 11 is 1.82. The quantitative estimate of drug-likeness (QED) is 0.655. The Bertz CT molecular complexity index is 259. The molecule has 0 saturated heterocycles. The van der Waals surface area contributed by atoms with Gasteiger partial charge in [0, 0.05) is 24.7 Å². The molecule has 0 fully saturated rings. The van der Waals surface area contributed by atoms with E-state index >= 15 is 0 Å². The average Bonchev–Trinajstić information content (AvgIpc) is 2.40. The van der Waals surface area contributed by atoms with Crippen molar-refractivity contribution in [3.63, 3.8) is 0 Å². The van der Waals surface area contributed by atoms with Gasteiger partial charge in [-0.2, -0.15) is 0 Å². The first-order chi connectivity index (χ1) is 8.63. The second-order valence-corrected chi connectivity index (χ2v) is 5.85. The third kappa shape index (κ3) is 7.24. The summed E-state index contributed by atoms with van der Waals surface area (Å²) < 4.78 is 4.63. The lowest BCUT2D eigenvalue weighted by molar-refractivity contribution is 0.378. The van der Waals surface area contributed by atoms with E-state index in [1.54, 1.807) is 0 Å². The van der Waals surface area contributed by atoms with Gasteiger partial charge < -0.3 is 0 Å². The van der Waals surface area contributed by atoms with Crippen molar-refractivity contribution in [1.82, 2.24) is 8.61 Å². The van der Waals surface area contributed by atoms with Gasteiger partial charge in [-0.1, -0.05) is 39.0 Å². The van der Waals surface area contributed by atoms with Crippen molar-refractivity contribution >= 4 is 12.1 Å². The molecule has 0 saturated carbocycles. The highest BCUT2D eigenvalue weighted by atomic mass is 32.2. The molecule has 0 aromatic carbocycles. The van der Waals surface area contributed by atoms with Crippen molar-refractivity contribution in [3.8, 4) is 0 Å². The summed E-state index contributed by atoms with van der Waals surface area (Å²) in [6.07, 6.45) is 10.5. The highest BCUT2D eigenvalue weighted by Crippen LogP contribution is 2.22. The van der Waals surface area contributed by atoms with Gasteiger partial charge in [-0.15, -0.1) is 0 Å². The van der Waals surface area contributed by atoms with Crippen molar-refractivity contribution in [2.75, 3.05) is 20.6 Å². The molecule has 0 bridgehead atoms. The Labute approximate surface area is 118 Å².